The maximum Gasteiger partial charge on any atom is -0.00434 e. The van der Waals surface area contributed by atoms with Crippen molar-refractivity contribution in [2.45, 2.75) is 40.0 Å². The van der Waals surface area contributed by atoms with Gasteiger partial charge < -0.3 is 5.73 Å². The van der Waals surface area contributed by atoms with E-state index in [4.69, 9.17) is 5.73 Å². The Kier molecular flexibility index (Phi) is 2.58. The van der Waals surface area contributed by atoms with Gasteiger partial charge in [-0.15, -0.1) is 0 Å². The molecule has 1 aliphatic carbocycles. The Morgan fingerprint density at radius 3 is 2.55 bits per heavy atom. The predicted molar refractivity (Wildman–Crippen MR) is 49.3 cm³/mol. The van der Waals surface area contributed by atoms with Crippen molar-refractivity contribution >= 4 is 0 Å². The van der Waals surface area contributed by atoms with E-state index in [2.05, 4.69) is 20.8 Å². The normalized spacial score (nSPS) is 36.3. The van der Waals surface area contributed by atoms with Crippen LogP contribution in [0.3, 0.4) is 0 Å². The third-order valence-electron chi connectivity index (χ3n) is 3.12. The van der Waals surface area contributed by atoms with Crippen molar-refractivity contribution in [1.29, 1.82) is 0 Å². The van der Waals surface area contributed by atoms with Crippen LogP contribution in [0.4, 0.5) is 0 Å². The Hall–Kier alpha value is -0.0400. The van der Waals surface area contributed by atoms with Gasteiger partial charge in [-0.2, -0.15) is 0 Å². The third-order valence-corrected chi connectivity index (χ3v) is 3.12. The van der Waals surface area contributed by atoms with Crippen molar-refractivity contribution in [2.24, 2.45) is 23.0 Å². The van der Waals surface area contributed by atoms with Gasteiger partial charge in [0.2, 0.25) is 0 Å². The van der Waals surface area contributed by atoms with Gasteiger partial charge in [-0.1, -0.05) is 27.2 Å². The lowest BCUT2D eigenvalue weighted by atomic mass is 9.95. The molecule has 2 atom stereocenters. The van der Waals surface area contributed by atoms with E-state index in [9.17, 15) is 0 Å². The van der Waals surface area contributed by atoms with Crippen LogP contribution in [0.2, 0.25) is 0 Å². The molecule has 1 heteroatoms. The first-order valence-electron chi connectivity index (χ1n) is 4.78. The van der Waals surface area contributed by atoms with E-state index in [-0.39, 0.29) is 0 Å². The molecular weight excluding hydrogens is 134 g/mol. The van der Waals surface area contributed by atoms with Crippen LogP contribution < -0.4 is 5.73 Å². The molecule has 0 bridgehead atoms. The van der Waals surface area contributed by atoms with Crippen molar-refractivity contribution in [3.8, 4) is 0 Å². The van der Waals surface area contributed by atoms with Crippen LogP contribution in [0.5, 0.6) is 0 Å². The van der Waals surface area contributed by atoms with Gasteiger partial charge >= 0.3 is 0 Å². The second-order valence-electron chi connectivity index (χ2n) is 4.72. The van der Waals surface area contributed by atoms with Gasteiger partial charge in [0.1, 0.15) is 0 Å². The van der Waals surface area contributed by atoms with Crippen LogP contribution in [0.15, 0.2) is 0 Å². The smallest absolute Gasteiger partial charge is 0.00434 e. The van der Waals surface area contributed by atoms with Crippen molar-refractivity contribution in [2.75, 3.05) is 6.54 Å². The second-order valence-corrected chi connectivity index (χ2v) is 4.72. The predicted octanol–water partition coefficient (Wildman–Crippen LogP) is 2.41. The fraction of sp³-hybridized carbons (Fsp3) is 1.00. The summed E-state index contributed by atoms with van der Waals surface area (Å²) >= 11 is 0. The Morgan fingerprint density at radius 1 is 1.55 bits per heavy atom. The molecule has 0 radical (unpaired) electrons. The lowest BCUT2D eigenvalue weighted by molar-refractivity contribution is 0.405. The van der Waals surface area contributed by atoms with E-state index >= 15 is 0 Å². The summed E-state index contributed by atoms with van der Waals surface area (Å²) < 4.78 is 0. The molecule has 0 saturated heterocycles. The molecule has 1 fully saturated rings. The van der Waals surface area contributed by atoms with Crippen LogP contribution in [0.1, 0.15) is 40.0 Å². The van der Waals surface area contributed by atoms with Gasteiger partial charge in [0.25, 0.3) is 0 Å². The quantitative estimate of drug-likeness (QED) is 0.663. The molecule has 0 aromatic heterocycles. The SMILES string of the molecule is CC(C)CCC1(C)CC1CN. The first-order valence-corrected chi connectivity index (χ1v) is 4.78. The molecule has 0 amide bonds. The highest BCUT2D eigenvalue weighted by atomic mass is 14.7. The zero-order valence-electron chi connectivity index (χ0n) is 8.06. The number of nitrogens with two attached hydrogens (primary N) is 1. The summed E-state index contributed by atoms with van der Waals surface area (Å²) in [6.45, 7) is 7.87. The zero-order chi connectivity index (χ0) is 8.48. The lowest BCUT2D eigenvalue weighted by Gasteiger charge is -2.11. The molecule has 0 aromatic rings. The molecule has 1 saturated carbocycles. The van der Waals surface area contributed by atoms with Crippen LogP contribution >= 0.6 is 0 Å². The highest BCUT2D eigenvalue weighted by Crippen LogP contribution is 2.55. The maximum absolute atomic E-state index is 5.62. The molecule has 11 heavy (non-hydrogen) atoms. The van der Waals surface area contributed by atoms with Crippen molar-refractivity contribution in [3.63, 3.8) is 0 Å². The molecule has 2 unspecified atom stereocenters. The summed E-state index contributed by atoms with van der Waals surface area (Å²) in [5.74, 6) is 1.69. The molecule has 0 aromatic carbocycles. The highest BCUT2D eigenvalue weighted by Gasteiger charge is 2.47. The van der Waals surface area contributed by atoms with E-state index < -0.39 is 0 Å². The maximum atomic E-state index is 5.62. The molecule has 2 N–H and O–H groups in total. The summed E-state index contributed by atoms with van der Waals surface area (Å²) in [6.07, 6.45) is 4.12. The van der Waals surface area contributed by atoms with Gasteiger partial charge in [0.05, 0.1) is 0 Å². The third kappa shape index (κ3) is 2.19. The van der Waals surface area contributed by atoms with E-state index in [0.29, 0.717) is 5.41 Å². The minimum atomic E-state index is 0.624. The monoisotopic (exact) mass is 155 g/mol. The van der Waals surface area contributed by atoms with Crippen LogP contribution in [0.25, 0.3) is 0 Å². The Morgan fingerprint density at radius 2 is 2.18 bits per heavy atom. The average Bonchev–Trinajstić information content (AvgIpc) is 2.59. The minimum Gasteiger partial charge on any atom is -0.330 e. The van der Waals surface area contributed by atoms with Crippen LogP contribution in [-0.2, 0) is 0 Å². The molecular formula is C10H21N. The number of rotatable bonds is 4. The Bertz CT molecular complexity index is 131. The summed E-state index contributed by atoms with van der Waals surface area (Å²) in [5, 5.41) is 0. The largest absolute Gasteiger partial charge is 0.330 e. The molecule has 0 heterocycles. The summed E-state index contributed by atoms with van der Waals surface area (Å²) in [7, 11) is 0. The van der Waals surface area contributed by atoms with Gasteiger partial charge in [-0.25, -0.2) is 0 Å². The first-order chi connectivity index (χ1) is 5.08. The van der Waals surface area contributed by atoms with E-state index in [1.54, 1.807) is 0 Å². The van der Waals surface area contributed by atoms with E-state index in [1.165, 1.54) is 19.3 Å². The number of hydrogen-bond donors (Lipinski definition) is 1. The lowest BCUT2D eigenvalue weighted by Crippen LogP contribution is -2.08. The fourth-order valence-corrected chi connectivity index (χ4v) is 1.80. The molecule has 0 aliphatic heterocycles. The highest BCUT2D eigenvalue weighted by molar-refractivity contribution is 4.98. The van der Waals surface area contributed by atoms with E-state index in [1.807, 2.05) is 0 Å². The minimum absolute atomic E-state index is 0.624. The van der Waals surface area contributed by atoms with Crippen molar-refractivity contribution < 1.29 is 0 Å². The molecule has 1 aliphatic rings. The molecule has 66 valence electrons. The fourth-order valence-electron chi connectivity index (χ4n) is 1.80. The average molecular weight is 155 g/mol. The molecule has 0 spiro atoms. The standard InChI is InChI=1S/C10H21N/c1-8(2)4-5-10(3)6-9(10)7-11/h8-9H,4-7,11H2,1-3H3. The van der Waals surface area contributed by atoms with Crippen LogP contribution in [-0.4, -0.2) is 6.54 Å². The van der Waals surface area contributed by atoms with Crippen LogP contribution in [0, 0.1) is 17.3 Å². The molecule has 1 rings (SSSR count). The van der Waals surface area contributed by atoms with Gasteiger partial charge in [-0.05, 0) is 36.6 Å². The second kappa shape index (κ2) is 3.14. The zero-order valence-corrected chi connectivity index (χ0v) is 8.06. The first kappa shape index (κ1) is 9.05. The van der Waals surface area contributed by atoms with Crippen molar-refractivity contribution in [1.82, 2.24) is 0 Å². The topological polar surface area (TPSA) is 26.0 Å². The summed E-state index contributed by atoms with van der Waals surface area (Å²) in [6, 6.07) is 0. The number of hydrogen-bond acceptors (Lipinski definition) is 1. The van der Waals surface area contributed by atoms with Gasteiger partial charge in [-0.3, -0.25) is 0 Å². The summed E-state index contributed by atoms with van der Waals surface area (Å²) in [5.41, 5.74) is 6.24. The Balaban J connectivity index is 2.18. The molecule has 1 nitrogen and oxygen atoms in total. The van der Waals surface area contributed by atoms with Crippen molar-refractivity contribution in [3.05, 3.63) is 0 Å². The Labute approximate surface area is 70.4 Å². The van der Waals surface area contributed by atoms with E-state index in [0.717, 1.165) is 18.4 Å². The van der Waals surface area contributed by atoms with Gasteiger partial charge in [0, 0.05) is 0 Å². The summed E-state index contributed by atoms with van der Waals surface area (Å²) in [4.78, 5) is 0. The van der Waals surface area contributed by atoms with Gasteiger partial charge in [0.15, 0.2) is 0 Å².